The molecule has 0 saturated carbocycles. The van der Waals surface area contributed by atoms with E-state index >= 15 is 0 Å². The van der Waals surface area contributed by atoms with Crippen LogP contribution < -0.4 is 10.2 Å². The second kappa shape index (κ2) is 8.21. The van der Waals surface area contributed by atoms with Gasteiger partial charge in [0, 0.05) is 38.1 Å². The van der Waals surface area contributed by atoms with Gasteiger partial charge in [-0.1, -0.05) is 30.3 Å². The second-order valence-corrected chi connectivity index (χ2v) is 7.66. The molecule has 3 unspecified atom stereocenters. The lowest BCUT2D eigenvalue weighted by Gasteiger charge is -2.37. The number of nitrogens with zero attached hydrogens (tertiary/aromatic N) is 3. The molecule has 1 N–H and O–H groups in total. The molecule has 2 aliphatic heterocycles. The van der Waals surface area contributed by atoms with E-state index in [1.165, 1.54) is 0 Å². The molecule has 4 rings (SSSR count). The molecule has 1 aromatic heterocycles. The van der Waals surface area contributed by atoms with Crippen LogP contribution in [0, 0.1) is 0 Å². The lowest BCUT2D eigenvalue weighted by atomic mass is 10.0. The van der Waals surface area contributed by atoms with Crippen LogP contribution >= 0.6 is 0 Å². The van der Waals surface area contributed by atoms with E-state index in [4.69, 9.17) is 4.74 Å². The molecule has 0 aliphatic carbocycles. The van der Waals surface area contributed by atoms with Crippen molar-refractivity contribution >= 4 is 17.5 Å². The molecule has 2 amide bonds. The molecule has 2 saturated heterocycles. The molecule has 7 nitrogen and oxygen atoms in total. The summed E-state index contributed by atoms with van der Waals surface area (Å²) in [5, 5.41) is 2.86. The Morgan fingerprint density at radius 2 is 1.86 bits per heavy atom. The van der Waals surface area contributed by atoms with Gasteiger partial charge in [-0.3, -0.25) is 14.6 Å². The van der Waals surface area contributed by atoms with Crippen LogP contribution in [0.3, 0.4) is 0 Å². The van der Waals surface area contributed by atoms with Crippen molar-refractivity contribution in [3.63, 3.8) is 0 Å². The molecule has 7 heteroatoms. The van der Waals surface area contributed by atoms with E-state index in [1.807, 2.05) is 56.3 Å². The molecule has 3 atom stereocenters. The van der Waals surface area contributed by atoms with Crippen LogP contribution in [0.5, 0.6) is 0 Å². The fourth-order valence-electron chi connectivity index (χ4n) is 4.12. The molecule has 2 aromatic rings. The zero-order chi connectivity index (χ0) is 20.4. The van der Waals surface area contributed by atoms with E-state index < -0.39 is 6.04 Å². The highest BCUT2D eigenvalue weighted by atomic mass is 16.5. The molecule has 29 heavy (non-hydrogen) atoms. The van der Waals surface area contributed by atoms with Gasteiger partial charge in [-0.05, 0) is 31.5 Å². The van der Waals surface area contributed by atoms with Gasteiger partial charge in [0.2, 0.25) is 5.91 Å². The summed E-state index contributed by atoms with van der Waals surface area (Å²) in [7, 11) is 0. The molecule has 2 fully saturated rings. The van der Waals surface area contributed by atoms with E-state index in [9.17, 15) is 9.59 Å². The topological polar surface area (TPSA) is 74.8 Å². The number of aromatic nitrogens is 1. The van der Waals surface area contributed by atoms with Crippen LogP contribution in [-0.4, -0.2) is 60.1 Å². The monoisotopic (exact) mass is 394 g/mol. The minimum Gasteiger partial charge on any atom is -0.372 e. The second-order valence-electron chi connectivity index (χ2n) is 7.66. The normalized spacial score (nSPS) is 24.9. The maximum atomic E-state index is 13.3. The average Bonchev–Trinajstić information content (AvgIpc) is 2.73. The Kier molecular flexibility index (Phi) is 5.49. The smallest absolute Gasteiger partial charge is 0.273 e. The fourth-order valence-corrected chi connectivity index (χ4v) is 4.12. The van der Waals surface area contributed by atoms with Gasteiger partial charge in [0.1, 0.15) is 11.7 Å². The summed E-state index contributed by atoms with van der Waals surface area (Å²) in [5.74, 6) is -0.396. The van der Waals surface area contributed by atoms with Gasteiger partial charge in [0.25, 0.3) is 5.91 Å². The first-order chi connectivity index (χ1) is 14.0. The van der Waals surface area contributed by atoms with E-state index in [2.05, 4.69) is 15.2 Å². The number of morpholine rings is 1. The summed E-state index contributed by atoms with van der Waals surface area (Å²) in [5.41, 5.74) is 2.10. The fraction of sp³-hybridized carbons (Fsp3) is 0.409. The van der Waals surface area contributed by atoms with Gasteiger partial charge in [0.05, 0.1) is 12.2 Å². The largest absolute Gasteiger partial charge is 0.372 e. The molecule has 152 valence electrons. The van der Waals surface area contributed by atoms with Crippen LogP contribution in [0.25, 0.3) is 0 Å². The number of nitrogens with one attached hydrogen (secondary N) is 1. The first-order valence-corrected chi connectivity index (χ1v) is 10.0. The minimum atomic E-state index is -0.647. The highest BCUT2D eigenvalue weighted by Gasteiger charge is 2.35. The van der Waals surface area contributed by atoms with Gasteiger partial charge in [-0.25, -0.2) is 0 Å². The van der Waals surface area contributed by atoms with E-state index in [0.717, 1.165) is 24.3 Å². The number of piperazine rings is 1. The van der Waals surface area contributed by atoms with Gasteiger partial charge < -0.3 is 19.9 Å². The summed E-state index contributed by atoms with van der Waals surface area (Å²) in [6.07, 6.45) is 1.91. The molecular weight excluding hydrogens is 368 g/mol. The molecule has 0 spiro atoms. The van der Waals surface area contributed by atoms with Crippen LogP contribution in [0.4, 0.5) is 5.69 Å². The van der Waals surface area contributed by atoms with Crippen LogP contribution in [0.2, 0.25) is 0 Å². The van der Waals surface area contributed by atoms with E-state index in [0.29, 0.717) is 18.8 Å². The minimum absolute atomic E-state index is 0.124. The summed E-state index contributed by atoms with van der Waals surface area (Å²) in [4.78, 5) is 34.1. The molecule has 3 heterocycles. The lowest BCUT2D eigenvalue weighted by molar-refractivity contribution is -0.128. The van der Waals surface area contributed by atoms with Crippen molar-refractivity contribution in [2.75, 3.05) is 31.1 Å². The third-order valence-corrected chi connectivity index (χ3v) is 5.34. The van der Waals surface area contributed by atoms with Gasteiger partial charge in [0.15, 0.2) is 0 Å². The Morgan fingerprint density at radius 1 is 1.14 bits per heavy atom. The highest BCUT2D eigenvalue weighted by molar-refractivity contribution is 5.97. The maximum Gasteiger partial charge on any atom is 0.273 e. The standard InChI is InChI=1S/C22H26N4O3/c1-15-13-25(14-16(2)29-15)18-8-9-23-19(12-18)22(28)26-11-10-24-21(27)20(26)17-6-4-3-5-7-17/h3-9,12,15-16,20H,10-11,13-14H2,1-2H3,(H,24,27). The predicted molar refractivity (Wildman–Crippen MR) is 110 cm³/mol. The molecule has 1 aromatic carbocycles. The number of benzene rings is 1. The maximum absolute atomic E-state index is 13.3. The van der Waals surface area contributed by atoms with Gasteiger partial charge >= 0.3 is 0 Å². The first kappa shape index (κ1) is 19.4. The zero-order valence-electron chi connectivity index (χ0n) is 16.7. The van der Waals surface area contributed by atoms with Crippen molar-refractivity contribution in [3.8, 4) is 0 Å². The van der Waals surface area contributed by atoms with Crippen molar-refractivity contribution in [3.05, 3.63) is 59.9 Å². The Morgan fingerprint density at radius 3 is 2.59 bits per heavy atom. The Balaban J connectivity index is 1.61. The number of carbonyl (C=O) groups excluding carboxylic acids is 2. The Labute approximate surface area is 170 Å². The Hall–Kier alpha value is -2.93. The lowest BCUT2D eigenvalue weighted by Crippen LogP contribution is -2.52. The number of carbonyl (C=O) groups is 2. The van der Waals surface area contributed by atoms with Crippen LogP contribution in [0.1, 0.15) is 35.9 Å². The number of hydrogen-bond acceptors (Lipinski definition) is 5. The highest BCUT2D eigenvalue weighted by Crippen LogP contribution is 2.26. The van der Waals surface area contributed by atoms with Crippen molar-refractivity contribution in [1.29, 1.82) is 0 Å². The summed E-state index contributed by atoms with van der Waals surface area (Å²) >= 11 is 0. The SMILES string of the molecule is CC1CN(c2ccnc(C(=O)N3CCNC(=O)C3c3ccccc3)c2)CC(C)O1. The van der Waals surface area contributed by atoms with Gasteiger partial charge in [-0.2, -0.15) is 0 Å². The van der Waals surface area contributed by atoms with E-state index in [1.54, 1.807) is 11.1 Å². The Bertz CT molecular complexity index is 879. The zero-order valence-corrected chi connectivity index (χ0v) is 16.7. The number of pyridine rings is 1. The number of anilines is 1. The quantitative estimate of drug-likeness (QED) is 0.862. The molecule has 0 radical (unpaired) electrons. The number of rotatable bonds is 3. The summed E-state index contributed by atoms with van der Waals surface area (Å²) in [6.45, 7) is 6.51. The van der Waals surface area contributed by atoms with Crippen molar-refractivity contribution in [2.24, 2.45) is 0 Å². The number of hydrogen-bond donors (Lipinski definition) is 1. The third-order valence-electron chi connectivity index (χ3n) is 5.34. The van der Waals surface area contributed by atoms with Crippen molar-refractivity contribution < 1.29 is 14.3 Å². The summed E-state index contributed by atoms with van der Waals surface area (Å²) < 4.78 is 5.81. The van der Waals surface area contributed by atoms with Gasteiger partial charge in [-0.15, -0.1) is 0 Å². The average molecular weight is 394 g/mol. The van der Waals surface area contributed by atoms with E-state index in [-0.39, 0.29) is 24.0 Å². The first-order valence-electron chi connectivity index (χ1n) is 10.0. The van der Waals surface area contributed by atoms with Crippen molar-refractivity contribution in [2.45, 2.75) is 32.1 Å². The molecular formula is C22H26N4O3. The summed E-state index contributed by atoms with van der Waals surface area (Å²) in [6, 6.07) is 12.5. The van der Waals surface area contributed by atoms with Crippen molar-refractivity contribution in [1.82, 2.24) is 15.2 Å². The number of amides is 2. The third kappa shape index (κ3) is 4.10. The molecule has 2 aliphatic rings. The van der Waals surface area contributed by atoms with Crippen LogP contribution in [-0.2, 0) is 9.53 Å². The predicted octanol–water partition coefficient (Wildman–Crippen LogP) is 2.01. The number of ether oxygens (including phenoxy) is 1. The molecule has 0 bridgehead atoms. The van der Waals surface area contributed by atoms with Crippen LogP contribution in [0.15, 0.2) is 48.7 Å².